The molecule has 1 aliphatic rings. The second-order valence-electron chi connectivity index (χ2n) is 5.96. The van der Waals surface area contributed by atoms with Crippen molar-refractivity contribution in [2.75, 3.05) is 19.7 Å². The van der Waals surface area contributed by atoms with Gasteiger partial charge >= 0.3 is 18.1 Å². The molecule has 0 aliphatic carbocycles. The molecule has 1 rings (SSSR count). The molecule has 9 heteroatoms. The second-order valence-corrected chi connectivity index (χ2v) is 5.96. The van der Waals surface area contributed by atoms with Gasteiger partial charge < -0.3 is 20.1 Å². The zero-order valence-electron chi connectivity index (χ0n) is 14.3. The smallest absolute Gasteiger partial charge is 0.407 e. The van der Waals surface area contributed by atoms with Crippen LogP contribution < -0.4 is 10.6 Å². The molecule has 0 radical (unpaired) electrons. The number of alkyl carbamates (subject to hydrolysis) is 1. The maximum atomic E-state index is 12.0. The molecule has 2 N–H and O–H groups in total. The van der Waals surface area contributed by atoms with Gasteiger partial charge in [-0.1, -0.05) is 6.08 Å². The van der Waals surface area contributed by atoms with Crippen LogP contribution in [0, 0.1) is 0 Å². The molecule has 0 atom stereocenters. The van der Waals surface area contributed by atoms with Gasteiger partial charge in [-0.2, -0.15) is 0 Å². The maximum Gasteiger partial charge on any atom is 0.407 e. The second kappa shape index (κ2) is 8.32. The lowest BCUT2D eigenvalue weighted by Crippen LogP contribution is -2.36. The number of urea groups is 1. The van der Waals surface area contributed by atoms with Crippen LogP contribution in [0.15, 0.2) is 11.8 Å². The predicted molar refractivity (Wildman–Crippen MR) is 83.8 cm³/mol. The van der Waals surface area contributed by atoms with Crippen molar-refractivity contribution in [2.24, 2.45) is 0 Å². The number of hydrogen-bond donors (Lipinski definition) is 2. The van der Waals surface area contributed by atoms with Crippen LogP contribution in [0.25, 0.3) is 0 Å². The van der Waals surface area contributed by atoms with E-state index in [0.717, 1.165) is 4.90 Å². The quantitative estimate of drug-likeness (QED) is 0.321. The molecule has 0 spiro atoms. The van der Waals surface area contributed by atoms with Crippen LogP contribution >= 0.6 is 0 Å². The predicted octanol–water partition coefficient (Wildman–Crippen LogP) is 0.900. The average Bonchev–Trinajstić information content (AvgIpc) is 2.70. The molecule has 1 fully saturated rings. The minimum Gasteiger partial charge on any atom is -0.465 e. The van der Waals surface area contributed by atoms with E-state index in [1.165, 1.54) is 6.08 Å². The molecule has 1 saturated heterocycles. The van der Waals surface area contributed by atoms with Crippen molar-refractivity contribution >= 4 is 24.0 Å². The Kier molecular flexibility index (Phi) is 6.75. The highest BCUT2D eigenvalue weighted by molar-refractivity contribution is 6.12. The summed E-state index contributed by atoms with van der Waals surface area (Å²) >= 11 is 0. The molecule has 0 aromatic rings. The summed E-state index contributed by atoms with van der Waals surface area (Å²) < 4.78 is 9.77. The van der Waals surface area contributed by atoms with Crippen LogP contribution in [-0.2, 0) is 19.1 Å². The van der Waals surface area contributed by atoms with Gasteiger partial charge in [0.15, 0.2) is 0 Å². The number of ether oxygens (including phenoxy) is 2. The molecule has 0 aromatic heterocycles. The molecular formula is C15H23N3O6. The van der Waals surface area contributed by atoms with E-state index in [1.807, 2.05) is 0 Å². The van der Waals surface area contributed by atoms with Crippen LogP contribution in [0.4, 0.5) is 9.59 Å². The lowest BCUT2D eigenvalue weighted by atomic mass is 10.2. The summed E-state index contributed by atoms with van der Waals surface area (Å²) in [6, 6.07) is -0.681. The first kappa shape index (κ1) is 19.5. The van der Waals surface area contributed by atoms with Crippen LogP contribution in [-0.4, -0.2) is 54.2 Å². The third-order valence-electron chi connectivity index (χ3n) is 2.72. The number of hydrogen-bond acceptors (Lipinski definition) is 6. The molecule has 0 aromatic carbocycles. The van der Waals surface area contributed by atoms with Gasteiger partial charge in [-0.25, -0.2) is 14.5 Å². The highest BCUT2D eigenvalue weighted by Crippen LogP contribution is 2.10. The Morgan fingerprint density at radius 1 is 1.29 bits per heavy atom. The van der Waals surface area contributed by atoms with E-state index >= 15 is 0 Å². The van der Waals surface area contributed by atoms with E-state index < -0.39 is 36.1 Å². The number of rotatable bonds is 6. The minimum absolute atomic E-state index is 0.0651. The Balaban J connectivity index is 2.46. The van der Waals surface area contributed by atoms with Gasteiger partial charge in [-0.15, -0.1) is 0 Å². The summed E-state index contributed by atoms with van der Waals surface area (Å²) in [5.41, 5.74) is -0.527. The van der Waals surface area contributed by atoms with Crippen molar-refractivity contribution in [3.8, 4) is 0 Å². The molecule has 24 heavy (non-hydrogen) atoms. The molecular weight excluding hydrogens is 318 g/mol. The third kappa shape index (κ3) is 6.27. The van der Waals surface area contributed by atoms with E-state index in [9.17, 15) is 19.2 Å². The Labute approximate surface area is 140 Å². The first-order chi connectivity index (χ1) is 11.1. The summed E-state index contributed by atoms with van der Waals surface area (Å²) in [7, 11) is 0. The molecule has 1 aliphatic heterocycles. The number of carbonyl (C=O) groups is 4. The largest absolute Gasteiger partial charge is 0.465 e. The zero-order valence-corrected chi connectivity index (χ0v) is 14.3. The van der Waals surface area contributed by atoms with Crippen molar-refractivity contribution in [2.45, 2.75) is 39.7 Å². The van der Waals surface area contributed by atoms with Crippen molar-refractivity contribution in [3.05, 3.63) is 11.8 Å². The van der Waals surface area contributed by atoms with Crippen LogP contribution in [0.2, 0.25) is 0 Å². The Hall–Kier alpha value is -2.58. The molecule has 9 nitrogen and oxygen atoms in total. The van der Waals surface area contributed by atoms with Gasteiger partial charge in [0.2, 0.25) is 0 Å². The Bertz CT molecular complexity index is 550. The van der Waals surface area contributed by atoms with E-state index in [-0.39, 0.29) is 18.8 Å². The van der Waals surface area contributed by atoms with Crippen molar-refractivity contribution in [1.82, 2.24) is 15.5 Å². The van der Waals surface area contributed by atoms with E-state index in [2.05, 4.69) is 10.6 Å². The van der Waals surface area contributed by atoms with Gasteiger partial charge in [0, 0.05) is 6.54 Å². The summed E-state index contributed by atoms with van der Waals surface area (Å²) in [4.78, 5) is 47.3. The summed E-state index contributed by atoms with van der Waals surface area (Å²) in [5.74, 6) is -1.26. The van der Waals surface area contributed by atoms with Crippen molar-refractivity contribution < 1.29 is 28.7 Å². The summed E-state index contributed by atoms with van der Waals surface area (Å²) in [6.07, 6.45) is 1.22. The molecule has 0 bridgehead atoms. The molecule has 0 unspecified atom stereocenters. The van der Waals surface area contributed by atoms with Crippen LogP contribution in [0.5, 0.6) is 0 Å². The van der Waals surface area contributed by atoms with Gasteiger partial charge in [0.25, 0.3) is 5.91 Å². The lowest BCUT2D eigenvalue weighted by molar-refractivity contribution is -0.146. The average molecular weight is 341 g/mol. The Morgan fingerprint density at radius 2 is 1.96 bits per heavy atom. The zero-order chi connectivity index (χ0) is 18.3. The SMILES string of the molecule is CCOC(=O)CN1C(=O)N/C(=C\CCNC(=O)OC(C)(C)C)C1=O. The summed E-state index contributed by atoms with van der Waals surface area (Å²) in [6.45, 7) is 6.85. The number of nitrogens with one attached hydrogen (secondary N) is 2. The number of nitrogens with zero attached hydrogens (tertiary/aromatic N) is 1. The molecule has 134 valence electrons. The fraction of sp³-hybridized carbons (Fsp3) is 0.600. The summed E-state index contributed by atoms with van der Waals surface area (Å²) in [5, 5.41) is 4.91. The normalized spacial score (nSPS) is 16.2. The third-order valence-corrected chi connectivity index (χ3v) is 2.72. The first-order valence-corrected chi connectivity index (χ1v) is 7.59. The molecule has 1 heterocycles. The van der Waals surface area contributed by atoms with E-state index in [1.54, 1.807) is 27.7 Å². The van der Waals surface area contributed by atoms with E-state index in [0.29, 0.717) is 6.42 Å². The monoisotopic (exact) mass is 341 g/mol. The van der Waals surface area contributed by atoms with Crippen LogP contribution in [0.3, 0.4) is 0 Å². The van der Waals surface area contributed by atoms with Gasteiger partial charge in [-0.3, -0.25) is 9.59 Å². The molecule has 0 saturated carbocycles. The number of amides is 4. The van der Waals surface area contributed by atoms with Gasteiger partial charge in [-0.05, 0) is 34.1 Å². The highest BCUT2D eigenvalue weighted by atomic mass is 16.6. The fourth-order valence-electron chi connectivity index (χ4n) is 1.80. The lowest BCUT2D eigenvalue weighted by Gasteiger charge is -2.19. The number of carbonyl (C=O) groups excluding carboxylic acids is 4. The molecule has 4 amide bonds. The standard InChI is InChI=1S/C15H23N3O6/c1-5-23-11(19)9-18-12(20)10(17-13(18)21)7-6-8-16-14(22)24-15(2,3)4/h7H,5-6,8-9H2,1-4H3,(H,16,22)(H,17,21)/b10-7-. The van der Waals surface area contributed by atoms with E-state index in [4.69, 9.17) is 9.47 Å². The van der Waals surface area contributed by atoms with Crippen molar-refractivity contribution in [3.63, 3.8) is 0 Å². The van der Waals surface area contributed by atoms with Gasteiger partial charge in [0.05, 0.1) is 6.61 Å². The topological polar surface area (TPSA) is 114 Å². The fourth-order valence-corrected chi connectivity index (χ4v) is 1.80. The minimum atomic E-state index is -0.681. The Morgan fingerprint density at radius 3 is 2.54 bits per heavy atom. The highest BCUT2D eigenvalue weighted by Gasteiger charge is 2.35. The number of esters is 1. The first-order valence-electron chi connectivity index (χ1n) is 7.59. The maximum absolute atomic E-state index is 12.0. The van der Waals surface area contributed by atoms with Gasteiger partial charge in [0.1, 0.15) is 17.8 Å². The van der Waals surface area contributed by atoms with Crippen molar-refractivity contribution in [1.29, 1.82) is 0 Å². The van der Waals surface area contributed by atoms with Crippen LogP contribution in [0.1, 0.15) is 34.1 Å². The number of imide groups is 1.